The number of rotatable bonds is 48. The standard InChI is InChI=1S/C49H102N6O4/c1-3-5-7-9-11-13-15-17-19-21-23-25-27-29-31-36-46(37-32-30-28-26-24-22-20-18-16-14-12-10-8-6-4-2)58-48(56)54-44-45-55-49(57)59-47(53-43-35-40-51)38-33-41-52-42-34-39-50/h46-47,52-53H,3-45,50-51H2,1-2H3,(H,54,56)(H,55,57). The molecular formula is C49H102N6O4. The van der Waals surface area contributed by atoms with E-state index in [1.165, 1.54) is 180 Å². The molecule has 0 aliphatic heterocycles. The van der Waals surface area contributed by atoms with Gasteiger partial charge in [-0.15, -0.1) is 0 Å². The zero-order valence-corrected chi connectivity index (χ0v) is 39.3. The van der Waals surface area contributed by atoms with E-state index in [0.717, 1.165) is 58.0 Å². The molecule has 0 heterocycles. The van der Waals surface area contributed by atoms with Crippen molar-refractivity contribution in [2.75, 3.05) is 45.8 Å². The lowest BCUT2D eigenvalue weighted by atomic mass is 10.0. The first-order chi connectivity index (χ1) is 29.1. The average molecular weight is 839 g/mol. The van der Waals surface area contributed by atoms with E-state index >= 15 is 0 Å². The summed E-state index contributed by atoms with van der Waals surface area (Å²) in [5.41, 5.74) is 11.2. The van der Waals surface area contributed by atoms with E-state index in [-0.39, 0.29) is 19.2 Å². The van der Waals surface area contributed by atoms with E-state index in [1.54, 1.807) is 0 Å². The van der Waals surface area contributed by atoms with Crippen molar-refractivity contribution in [3.05, 3.63) is 0 Å². The SMILES string of the molecule is CCCCCCCCCCCCCCCCCC(CCCCCCCCCCCCCCCCC)OC(=O)NCCNC(=O)OC(CCCNCCCN)NCCCN. The molecule has 0 fully saturated rings. The van der Waals surface area contributed by atoms with Crippen molar-refractivity contribution < 1.29 is 19.1 Å². The number of hydrogen-bond acceptors (Lipinski definition) is 8. The molecule has 0 saturated carbocycles. The number of nitrogens with two attached hydrogens (primary N) is 2. The number of carbonyl (C=O) groups excluding carboxylic acids is 2. The normalized spacial score (nSPS) is 11.9. The summed E-state index contributed by atoms with van der Waals surface area (Å²) in [5, 5.41) is 12.3. The molecule has 0 aliphatic rings. The molecule has 0 saturated heterocycles. The van der Waals surface area contributed by atoms with Crippen LogP contribution in [-0.4, -0.2) is 70.3 Å². The van der Waals surface area contributed by atoms with Gasteiger partial charge in [0.25, 0.3) is 0 Å². The van der Waals surface area contributed by atoms with Crippen molar-refractivity contribution in [2.24, 2.45) is 11.5 Å². The second-order valence-electron chi connectivity index (χ2n) is 17.4. The second kappa shape index (κ2) is 49.0. The predicted molar refractivity (Wildman–Crippen MR) is 253 cm³/mol. The van der Waals surface area contributed by atoms with E-state index in [4.69, 9.17) is 20.9 Å². The maximum atomic E-state index is 12.8. The number of amides is 2. The van der Waals surface area contributed by atoms with Gasteiger partial charge in [-0.3, -0.25) is 5.32 Å². The third-order valence-electron chi connectivity index (χ3n) is 11.6. The van der Waals surface area contributed by atoms with Crippen LogP contribution in [0.3, 0.4) is 0 Å². The Bertz CT molecular complexity index is 819. The highest BCUT2D eigenvalue weighted by molar-refractivity contribution is 5.68. The molecule has 0 aliphatic carbocycles. The number of unbranched alkanes of at least 4 members (excludes halogenated alkanes) is 28. The van der Waals surface area contributed by atoms with Gasteiger partial charge in [0.2, 0.25) is 0 Å². The number of alkyl carbamates (subject to hydrolysis) is 2. The fraction of sp³-hybridized carbons (Fsp3) is 0.959. The van der Waals surface area contributed by atoms with Crippen molar-refractivity contribution in [1.82, 2.24) is 21.3 Å². The highest BCUT2D eigenvalue weighted by Crippen LogP contribution is 2.19. The van der Waals surface area contributed by atoms with Crippen LogP contribution in [0.1, 0.15) is 245 Å². The molecule has 10 nitrogen and oxygen atoms in total. The van der Waals surface area contributed by atoms with Crippen molar-refractivity contribution in [3.63, 3.8) is 0 Å². The fourth-order valence-corrected chi connectivity index (χ4v) is 7.77. The summed E-state index contributed by atoms with van der Waals surface area (Å²) in [4.78, 5) is 25.4. The molecular weight excluding hydrogens is 737 g/mol. The summed E-state index contributed by atoms with van der Waals surface area (Å²) >= 11 is 0. The molecule has 0 aromatic rings. The van der Waals surface area contributed by atoms with Gasteiger partial charge in [0, 0.05) is 13.1 Å². The lowest BCUT2D eigenvalue weighted by molar-refractivity contribution is 0.0705. The fourth-order valence-electron chi connectivity index (χ4n) is 7.77. The van der Waals surface area contributed by atoms with Crippen LogP contribution in [0.15, 0.2) is 0 Å². The molecule has 0 radical (unpaired) electrons. The summed E-state index contributed by atoms with van der Waals surface area (Å²) in [6.07, 6.45) is 44.2. The molecule has 59 heavy (non-hydrogen) atoms. The Labute approximate surface area is 366 Å². The second-order valence-corrected chi connectivity index (χ2v) is 17.4. The third-order valence-corrected chi connectivity index (χ3v) is 11.6. The Hall–Kier alpha value is -1.62. The van der Waals surface area contributed by atoms with Crippen LogP contribution in [0.25, 0.3) is 0 Å². The molecule has 2 amide bonds. The van der Waals surface area contributed by atoms with Crippen LogP contribution in [0.5, 0.6) is 0 Å². The largest absolute Gasteiger partial charge is 0.446 e. The average Bonchev–Trinajstić information content (AvgIpc) is 3.23. The smallest absolute Gasteiger partial charge is 0.408 e. The molecule has 10 heteroatoms. The Kier molecular flexibility index (Phi) is 47.7. The molecule has 1 atom stereocenters. The minimum Gasteiger partial charge on any atom is -0.446 e. The van der Waals surface area contributed by atoms with E-state index < -0.39 is 18.4 Å². The van der Waals surface area contributed by atoms with Gasteiger partial charge in [-0.05, 0) is 84.1 Å². The van der Waals surface area contributed by atoms with Crippen LogP contribution in [0.2, 0.25) is 0 Å². The van der Waals surface area contributed by atoms with Gasteiger partial charge in [0.1, 0.15) is 6.10 Å². The minimum atomic E-state index is -0.499. The Balaban J connectivity index is 4.45. The van der Waals surface area contributed by atoms with E-state index in [1.807, 2.05) is 0 Å². The van der Waals surface area contributed by atoms with E-state index in [2.05, 4.69) is 35.1 Å². The molecule has 0 aromatic heterocycles. The van der Waals surface area contributed by atoms with Crippen molar-refractivity contribution in [1.29, 1.82) is 0 Å². The van der Waals surface area contributed by atoms with Crippen molar-refractivity contribution in [3.8, 4) is 0 Å². The van der Waals surface area contributed by atoms with Crippen LogP contribution in [0.4, 0.5) is 9.59 Å². The van der Waals surface area contributed by atoms with Gasteiger partial charge in [-0.25, -0.2) is 9.59 Å². The van der Waals surface area contributed by atoms with Crippen LogP contribution in [-0.2, 0) is 9.47 Å². The molecule has 1 unspecified atom stereocenters. The third kappa shape index (κ3) is 45.7. The highest BCUT2D eigenvalue weighted by Gasteiger charge is 2.16. The van der Waals surface area contributed by atoms with E-state index in [0.29, 0.717) is 26.1 Å². The minimum absolute atomic E-state index is 0.0537. The summed E-state index contributed by atoms with van der Waals surface area (Å²) < 4.78 is 11.6. The van der Waals surface area contributed by atoms with Gasteiger partial charge in [-0.2, -0.15) is 0 Å². The molecule has 0 rings (SSSR count). The van der Waals surface area contributed by atoms with Gasteiger partial charge >= 0.3 is 12.2 Å². The summed E-state index contributed by atoms with van der Waals surface area (Å²) in [6.45, 7) is 8.79. The number of nitrogens with one attached hydrogen (secondary N) is 4. The molecule has 0 bridgehead atoms. The first-order valence-electron chi connectivity index (χ1n) is 25.8. The zero-order chi connectivity index (χ0) is 43.0. The molecule has 0 spiro atoms. The van der Waals surface area contributed by atoms with Crippen LogP contribution in [0, 0.1) is 0 Å². The van der Waals surface area contributed by atoms with Gasteiger partial charge in [0.05, 0.1) is 0 Å². The van der Waals surface area contributed by atoms with Crippen molar-refractivity contribution in [2.45, 2.75) is 257 Å². The number of hydrogen-bond donors (Lipinski definition) is 6. The van der Waals surface area contributed by atoms with Gasteiger partial charge in [-0.1, -0.05) is 194 Å². The molecule has 8 N–H and O–H groups in total. The topological polar surface area (TPSA) is 153 Å². The summed E-state index contributed by atoms with van der Waals surface area (Å²) in [5.74, 6) is 0. The van der Waals surface area contributed by atoms with E-state index in [9.17, 15) is 9.59 Å². The number of ether oxygens (including phenoxy) is 2. The van der Waals surface area contributed by atoms with Gasteiger partial charge in [0.15, 0.2) is 6.23 Å². The maximum absolute atomic E-state index is 12.8. The quantitative estimate of drug-likeness (QED) is 0.0262. The Morgan fingerprint density at radius 1 is 0.390 bits per heavy atom. The van der Waals surface area contributed by atoms with Crippen molar-refractivity contribution >= 4 is 12.2 Å². The van der Waals surface area contributed by atoms with Crippen LogP contribution < -0.4 is 32.7 Å². The number of carbonyl (C=O) groups is 2. The first kappa shape index (κ1) is 57.4. The lowest BCUT2D eigenvalue weighted by Gasteiger charge is -2.20. The Morgan fingerprint density at radius 3 is 1.12 bits per heavy atom. The van der Waals surface area contributed by atoms with Gasteiger partial charge < -0.3 is 36.9 Å². The lowest BCUT2D eigenvalue weighted by Crippen LogP contribution is -2.41. The molecule has 0 aromatic carbocycles. The highest BCUT2D eigenvalue weighted by atomic mass is 16.6. The monoisotopic (exact) mass is 839 g/mol. The Morgan fingerprint density at radius 2 is 0.729 bits per heavy atom. The summed E-state index contributed by atoms with van der Waals surface area (Å²) in [7, 11) is 0. The first-order valence-corrected chi connectivity index (χ1v) is 25.8. The predicted octanol–water partition coefficient (Wildman–Crippen LogP) is 12.3. The zero-order valence-electron chi connectivity index (χ0n) is 39.3. The maximum Gasteiger partial charge on any atom is 0.408 e. The summed E-state index contributed by atoms with van der Waals surface area (Å²) in [6, 6.07) is 0. The molecule has 352 valence electrons. The van der Waals surface area contributed by atoms with Crippen LogP contribution >= 0.6 is 0 Å².